The Balaban J connectivity index is 1.90. The lowest BCUT2D eigenvalue weighted by Crippen LogP contribution is -2.37. The maximum atomic E-state index is 15.7. The molecule has 1 saturated carbocycles. The summed E-state index contributed by atoms with van der Waals surface area (Å²) < 4.78 is 34.5. The average molecular weight is 453 g/mol. The van der Waals surface area contributed by atoms with Crippen molar-refractivity contribution in [1.82, 2.24) is 15.0 Å². The van der Waals surface area contributed by atoms with Gasteiger partial charge in [-0.25, -0.2) is 23.6 Å². The highest BCUT2D eigenvalue weighted by atomic mass is 19.1. The Morgan fingerprint density at radius 3 is 2.73 bits per heavy atom. The van der Waals surface area contributed by atoms with Crippen LogP contribution in [0.5, 0.6) is 0 Å². The molecule has 3 heterocycles. The Morgan fingerprint density at radius 2 is 2.12 bits per heavy atom. The van der Waals surface area contributed by atoms with Crippen LogP contribution in [0.4, 0.5) is 20.3 Å². The number of nitrogens with one attached hydrogen (secondary N) is 2. The first-order valence-corrected chi connectivity index (χ1v) is 10.7. The van der Waals surface area contributed by atoms with Gasteiger partial charge in [-0.3, -0.25) is 4.79 Å². The van der Waals surface area contributed by atoms with Gasteiger partial charge in [-0.2, -0.15) is 0 Å². The van der Waals surface area contributed by atoms with Crippen LogP contribution >= 0.6 is 0 Å². The zero-order valence-electron chi connectivity index (χ0n) is 18.9. The summed E-state index contributed by atoms with van der Waals surface area (Å²) in [5, 5.41) is 3.55. The van der Waals surface area contributed by atoms with Crippen LogP contribution in [0.3, 0.4) is 0 Å². The van der Waals surface area contributed by atoms with Gasteiger partial charge in [0.1, 0.15) is 11.5 Å². The van der Waals surface area contributed by atoms with Gasteiger partial charge in [-0.1, -0.05) is 20.8 Å². The number of hydrogen-bond donors (Lipinski definition) is 2. The number of fused-ring (bicyclic) bond motifs is 1. The minimum absolute atomic E-state index is 0.0159. The van der Waals surface area contributed by atoms with Crippen molar-refractivity contribution < 1.29 is 18.3 Å². The highest BCUT2D eigenvalue weighted by molar-refractivity contribution is 5.97. The number of pyridine rings is 2. The first-order chi connectivity index (χ1) is 15.6. The molecule has 7 nitrogen and oxygen atoms in total. The van der Waals surface area contributed by atoms with Gasteiger partial charge in [-0.15, -0.1) is 0 Å². The number of methoxy groups -OCH3 is 1. The van der Waals surface area contributed by atoms with E-state index in [1.165, 1.54) is 13.2 Å². The lowest BCUT2D eigenvalue weighted by atomic mass is 9.84. The van der Waals surface area contributed by atoms with Crippen molar-refractivity contribution in [2.75, 3.05) is 12.4 Å². The van der Waals surface area contributed by atoms with Crippen molar-refractivity contribution in [3.63, 3.8) is 0 Å². The first kappa shape index (κ1) is 22.6. The Labute approximate surface area is 190 Å². The Morgan fingerprint density at radius 1 is 1.39 bits per heavy atom. The number of hydrogen-bond acceptors (Lipinski definition) is 5. The van der Waals surface area contributed by atoms with E-state index in [4.69, 9.17) is 11.3 Å². The second-order valence-corrected chi connectivity index (χ2v) is 9.37. The molecule has 0 bridgehead atoms. The highest BCUT2D eigenvalue weighted by Crippen LogP contribution is 2.50. The van der Waals surface area contributed by atoms with Crippen molar-refractivity contribution in [2.24, 2.45) is 5.41 Å². The largest absolute Gasteiger partial charge is 0.469 e. The molecule has 0 saturated heterocycles. The maximum Gasteiger partial charge on any atom is 0.307 e. The number of aromatic nitrogens is 3. The zero-order chi connectivity index (χ0) is 23.9. The monoisotopic (exact) mass is 453 g/mol. The van der Waals surface area contributed by atoms with Crippen LogP contribution < -0.4 is 5.32 Å². The fraction of sp³-hybridized carbons (Fsp3) is 0.417. The smallest absolute Gasteiger partial charge is 0.307 e. The lowest BCUT2D eigenvalue weighted by Gasteiger charge is -2.31. The van der Waals surface area contributed by atoms with E-state index in [1.54, 1.807) is 6.20 Å². The molecule has 172 valence electrons. The van der Waals surface area contributed by atoms with Gasteiger partial charge < -0.3 is 15.0 Å². The standard InChI is InChI=1S/C24H25F2N5O2/c1-24(2,3)16(9-17(32)33-5)30-23-19(26)18(12-6-7-12)21(27-4)20(31-23)15-11-29-22-14(15)8-13(25)10-28-22/h8,10-12,16H,6-7,9H2,1-3,5H3,(H,28,29)(H,30,31)/t16-/m1/s1. The average Bonchev–Trinajstić information content (AvgIpc) is 3.52. The molecule has 4 rings (SSSR count). The zero-order valence-corrected chi connectivity index (χ0v) is 18.9. The summed E-state index contributed by atoms with van der Waals surface area (Å²) >= 11 is 0. The molecule has 0 spiro atoms. The molecule has 1 fully saturated rings. The van der Waals surface area contributed by atoms with Gasteiger partial charge in [0.15, 0.2) is 11.6 Å². The van der Waals surface area contributed by atoms with E-state index in [2.05, 4.69) is 25.1 Å². The number of esters is 1. The van der Waals surface area contributed by atoms with Gasteiger partial charge in [0.25, 0.3) is 0 Å². The minimum Gasteiger partial charge on any atom is -0.469 e. The minimum atomic E-state index is -0.587. The molecular formula is C24H25F2N5O2. The Kier molecular flexibility index (Phi) is 5.78. The van der Waals surface area contributed by atoms with Crippen molar-refractivity contribution in [3.05, 3.63) is 47.1 Å². The third kappa shape index (κ3) is 4.38. The number of H-pyrrole nitrogens is 1. The van der Waals surface area contributed by atoms with Crippen LogP contribution in [0, 0.1) is 23.6 Å². The van der Waals surface area contributed by atoms with E-state index >= 15 is 4.39 Å². The summed E-state index contributed by atoms with van der Waals surface area (Å²) in [7, 11) is 1.30. The molecule has 0 radical (unpaired) electrons. The van der Waals surface area contributed by atoms with Crippen LogP contribution in [0.1, 0.15) is 51.5 Å². The second kappa shape index (κ2) is 8.43. The molecule has 2 N–H and O–H groups in total. The SMILES string of the molecule is [C-]#[N+]c1c(-c2c[nH]c3ncc(F)cc23)nc(N[C@H](CC(=O)OC)C(C)(C)C)c(F)c1C1CC1. The Bertz CT molecular complexity index is 1270. The number of aromatic amines is 1. The summed E-state index contributed by atoms with van der Waals surface area (Å²) in [5.74, 6) is -1.66. The lowest BCUT2D eigenvalue weighted by molar-refractivity contribution is -0.141. The molecular weight excluding hydrogens is 428 g/mol. The van der Waals surface area contributed by atoms with Gasteiger partial charge in [0, 0.05) is 28.8 Å². The third-order valence-corrected chi connectivity index (χ3v) is 5.95. The fourth-order valence-corrected chi connectivity index (χ4v) is 3.88. The highest BCUT2D eigenvalue weighted by Gasteiger charge is 2.35. The van der Waals surface area contributed by atoms with Crippen molar-refractivity contribution >= 4 is 28.5 Å². The number of carbonyl (C=O) groups excluding carboxylic acids is 1. The summed E-state index contributed by atoms with van der Waals surface area (Å²) in [6.07, 6.45) is 4.26. The van der Waals surface area contributed by atoms with E-state index in [-0.39, 0.29) is 29.5 Å². The molecule has 1 aliphatic carbocycles. The van der Waals surface area contributed by atoms with Gasteiger partial charge in [-0.05, 0) is 30.2 Å². The summed E-state index contributed by atoms with van der Waals surface area (Å²) in [5.41, 5.74) is 1.16. The maximum absolute atomic E-state index is 15.7. The molecule has 0 aliphatic heterocycles. The van der Waals surface area contributed by atoms with E-state index < -0.39 is 29.1 Å². The van der Waals surface area contributed by atoms with Crippen molar-refractivity contribution in [2.45, 2.75) is 52.0 Å². The summed E-state index contributed by atoms with van der Waals surface area (Å²) in [6.45, 7) is 13.5. The summed E-state index contributed by atoms with van der Waals surface area (Å²) in [6, 6.07) is 0.833. The van der Waals surface area contributed by atoms with Gasteiger partial charge >= 0.3 is 5.97 Å². The molecule has 9 heteroatoms. The number of anilines is 1. The predicted octanol–water partition coefficient (Wildman–Crippen LogP) is 5.72. The number of halogens is 2. The van der Waals surface area contributed by atoms with Crippen LogP contribution in [-0.4, -0.2) is 34.1 Å². The first-order valence-electron chi connectivity index (χ1n) is 10.7. The van der Waals surface area contributed by atoms with Gasteiger partial charge in [0.2, 0.25) is 5.69 Å². The van der Waals surface area contributed by atoms with E-state index in [1.807, 2.05) is 20.8 Å². The number of ether oxygens (including phenoxy) is 1. The van der Waals surface area contributed by atoms with E-state index in [9.17, 15) is 9.18 Å². The number of nitrogens with zero attached hydrogens (tertiary/aromatic N) is 3. The molecule has 0 amide bonds. The normalized spacial score (nSPS) is 14.7. The molecule has 1 atom stereocenters. The molecule has 0 aromatic carbocycles. The van der Waals surface area contributed by atoms with Crippen LogP contribution in [0.15, 0.2) is 18.5 Å². The predicted molar refractivity (Wildman–Crippen MR) is 121 cm³/mol. The van der Waals surface area contributed by atoms with E-state index in [0.717, 1.165) is 19.0 Å². The topological polar surface area (TPSA) is 84.3 Å². The van der Waals surface area contributed by atoms with Gasteiger partial charge in [0.05, 0.1) is 32.0 Å². The molecule has 3 aromatic rings. The quantitative estimate of drug-likeness (QED) is 0.368. The Hall–Kier alpha value is -3.54. The third-order valence-electron chi connectivity index (χ3n) is 5.95. The van der Waals surface area contributed by atoms with Crippen LogP contribution in [0.25, 0.3) is 27.1 Å². The molecule has 1 aliphatic rings. The van der Waals surface area contributed by atoms with Crippen LogP contribution in [-0.2, 0) is 9.53 Å². The van der Waals surface area contributed by atoms with Crippen molar-refractivity contribution in [3.8, 4) is 11.3 Å². The van der Waals surface area contributed by atoms with Crippen LogP contribution in [0.2, 0.25) is 0 Å². The fourth-order valence-electron chi connectivity index (χ4n) is 3.88. The molecule has 3 aromatic heterocycles. The summed E-state index contributed by atoms with van der Waals surface area (Å²) in [4.78, 5) is 27.1. The second-order valence-electron chi connectivity index (χ2n) is 9.37. The molecule has 0 unspecified atom stereocenters. The van der Waals surface area contributed by atoms with Crippen molar-refractivity contribution in [1.29, 1.82) is 0 Å². The number of rotatable bonds is 6. The van der Waals surface area contributed by atoms with E-state index in [0.29, 0.717) is 22.2 Å². The number of carbonyl (C=O) groups is 1. The molecule has 33 heavy (non-hydrogen) atoms.